The second-order valence-corrected chi connectivity index (χ2v) is 3.82. The molecule has 0 radical (unpaired) electrons. The number of nitrogens with two attached hydrogens (primary N) is 1. The van der Waals surface area contributed by atoms with Crippen LogP contribution in [0, 0.1) is 0 Å². The van der Waals surface area contributed by atoms with Gasteiger partial charge >= 0.3 is 5.97 Å². The van der Waals surface area contributed by atoms with E-state index < -0.39 is 0 Å². The maximum atomic E-state index is 11.2. The van der Waals surface area contributed by atoms with Crippen molar-refractivity contribution in [3.05, 3.63) is 35.2 Å². The molecule has 4 heteroatoms. The number of esters is 1. The van der Waals surface area contributed by atoms with Gasteiger partial charge in [-0.25, -0.2) is 4.79 Å². The summed E-state index contributed by atoms with van der Waals surface area (Å²) in [7, 11) is 0. The van der Waals surface area contributed by atoms with Gasteiger partial charge < -0.3 is 10.5 Å². The number of carbonyl (C=O) groups is 1. The van der Waals surface area contributed by atoms with Crippen LogP contribution in [0.2, 0.25) is 0 Å². The van der Waals surface area contributed by atoms with Gasteiger partial charge in [-0.1, -0.05) is 13.0 Å². The van der Waals surface area contributed by atoms with Gasteiger partial charge in [0.15, 0.2) is 0 Å². The highest BCUT2D eigenvalue weighted by molar-refractivity contribution is 5.87. The summed E-state index contributed by atoms with van der Waals surface area (Å²) in [4.78, 5) is 15.8. The van der Waals surface area contributed by atoms with Crippen molar-refractivity contribution < 1.29 is 9.53 Å². The van der Waals surface area contributed by atoms with Crippen molar-refractivity contribution in [1.82, 2.24) is 4.98 Å². The summed E-state index contributed by atoms with van der Waals surface area (Å²) in [6.07, 6.45) is 4.77. The Labute approximate surface area is 108 Å². The molecule has 0 amide bonds. The number of hydrogen-bond donors (Lipinski definition) is 1. The normalized spacial score (nSPS) is 10.8. The molecule has 0 aromatic carbocycles. The third-order valence-corrected chi connectivity index (χ3v) is 2.49. The summed E-state index contributed by atoms with van der Waals surface area (Å²) in [5.41, 5.74) is 8.42. The number of pyridine rings is 1. The van der Waals surface area contributed by atoms with Crippen LogP contribution >= 0.6 is 0 Å². The predicted molar refractivity (Wildman–Crippen MR) is 72.0 cm³/mol. The van der Waals surface area contributed by atoms with Crippen LogP contribution in [0.15, 0.2) is 18.2 Å². The molecule has 2 N–H and O–H groups in total. The van der Waals surface area contributed by atoms with Crippen molar-refractivity contribution in [2.75, 3.05) is 13.2 Å². The maximum Gasteiger partial charge on any atom is 0.330 e. The number of ether oxygens (including phenoxy) is 1. The third kappa shape index (κ3) is 4.30. The fraction of sp³-hybridized carbons (Fsp3) is 0.429. The zero-order chi connectivity index (χ0) is 13.4. The molecule has 4 nitrogen and oxygen atoms in total. The first-order chi connectivity index (χ1) is 8.71. The molecule has 0 saturated carbocycles. The lowest BCUT2D eigenvalue weighted by Gasteiger charge is -2.05. The average Bonchev–Trinajstić information content (AvgIpc) is 2.37. The minimum atomic E-state index is -0.328. The first-order valence-electron chi connectivity index (χ1n) is 6.25. The van der Waals surface area contributed by atoms with Gasteiger partial charge in [0.1, 0.15) is 0 Å². The van der Waals surface area contributed by atoms with Gasteiger partial charge in [0.25, 0.3) is 0 Å². The third-order valence-electron chi connectivity index (χ3n) is 2.49. The van der Waals surface area contributed by atoms with Crippen LogP contribution in [0.3, 0.4) is 0 Å². The fourth-order valence-corrected chi connectivity index (χ4v) is 1.63. The molecule has 18 heavy (non-hydrogen) atoms. The Bertz CT molecular complexity index is 428. The fourth-order valence-electron chi connectivity index (χ4n) is 1.63. The summed E-state index contributed by atoms with van der Waals surface area (Å²) in [5.74, 6) is -0.328. The molecular formula is C14H20N2O2. The van der Waals surface area contributed by atoms with E-state index in [1.807, 2.05) is 19.1 Å². The smallest absolute Gasteiger partial charge is 0.330 e. The zero-order valence-corrected chi connectivity index (χ0v) is 11.0. The maximum absolute atomic E-state index is 11.2. The zero-order valence-electron chi connectivity index (χ0n) is 11.0. The van der Waals surface area contributed by atoms with Gasteiger partial charge in [-0.2, -0.15) is 0 Å². The molecule has 1 aromatic rings. The van der Waals surface area contributed by atoms with Crippen LogP contribution in [0.1, 0.15) is 30.8 Å². The van der Waals surface area contributed by atoms with Gasteiger partial charge in [0.2, 0.25) is 0 Å². The number of aromatic nitrogens is 1. The standard InChI is InChI=1S/C14H20N2O2/c1-3-13-11(6-8-14(17)18-4-2)5-7-12(16-13)9-10-15/h5-8H,3-4,9-10,15H2,1-2H3/b8-6+. The summed E-state index contributed by atoms with van der Waals surface area (Å²) >= 11 is 0. The highest BCUT2D eigenvalue weighted by atomic mass is 16.5. The van der Waals surface area contributed by atoms with Gasteiger partial charge in [-0.05, 0) is 37.6 Å². The summed E-state index contributed by atoms with van der Waals surface area (Å²) in [5, 5.41) is 0. The number of aryl methyl sites for hydroxylation is 1. The van der Waals surface area contributed by atoms with Crippen LogP contribution in [-0.2, 0) is 22.4 Å². The van der Waals surface area contributed by atoms with Crippen LogP contribution in [0.5, 0.6) is 0 Å². The van der Waals surface area contributed by atoms with E-state index in [0.717, 1.165) is 29.8 Å². The van der Waals surface area contributed by atoms with Crippen LogP contribution < -0.4 is 5.73 Å². The highest BCUT2D eigenvalue weighted by Crippen LogP contribution is 2.11. The molecule has 98 valence electrons. The lowest BCUT2D eigenvalue weighted by Crippen LogP contribution is -2.06. The molecule has 0 spiro atoms. The van der Waals surface area contributed by atoms with Crippen molar-refractivity contribution in [2.24, 2.45) is 5.73 Å². The Hall–Kier alpha value is -1.68. The molecule has 0 aliphatic heterocycles. The minimum absolute atomic E-state index is 0.328. The highest BCUT2D eigenvalue weighted by Gasteiger charge is 2.02. The van der Waals surface area contributed by atoms with E-state index in [9.17, 15) is 4.79 Å². The van der Waals surface area contributed by atoms with Crippen LogP contribution in [-0.4, -0.2) is 24.1 Å². The van der Waals surface area contributed by atoms with E-state index in [-0.39, 0.29) is 5.97 Å². The quantitative estimate of drug-likeness (QED) is 0.615. The SMILES string of the molecule is CCOC(=O)/C=C/c1ccc(CCN)nc1CC. The summed E-state index contributed by atoms with van der Waals surface area (Å²) in [6.45, 7) is 4.80. The molecule has 1 heterocycles. The number of carbonyl (C=O) groups excluding carboxylic acids is 1. The molecule has 0 aliphatic carbocycles. The van der Waals surface area contributed by atoms with Crippen molar-refractivity contribution in [1.29, 1.82) is 0 Å². The molecule has 0 fully saturated rings. The largest absolute Gasteiger partial charge is 0.463 e. The van der Waals surface area contributed by atoms with E-state index in [2.05, 4.69) is 4.98 Å². The Kier molecular flexibility index (Phi) is 6.08. The first-order valence-corrected chi connectivity index (χ1v) is 6.25. The van der Waals surface area contributed by atoms with E-state index >= 15 is 0 Å². The van der Waals surface area contributed by atoms with Gasteiger partial charge in [-0.3, -0.25) is 4.98 Å². The van der Waals surface area contributed by atoms with E-state index in [4.69, 9.17) is 10.5 Å². The van der Waals surface area contributed by atoms with E-state index in [0.29, 0.717) is 13.2 Å². The van der Waals surface area contributed by atoms with Crippen LogP contribution in [0.25, 0.3) is 6.08 Å². The minimum Gasteiger partial charge on any atom is -0.463 e. The Morgan fingerprint density at radius 2 is 2.22 bits per heavy atom. The second-order valence-electron chi connectivity index (χ2n) is 3.82. The lowest BCUT2D eigenvalue weighted by atomic mass is 10.1. The molecule has 0 atom stereocenters. The Balaban J connectivity index is 2.85. The van der Waals surface area contributed by atoms with Crippen LogP contribution in [0.4, 0.5) is 0 Å². The topological polar surface area (TPSA) is 65.2 Å². The van der Waals surface area contributed by atoms with Crippen molar-refractivity contribution in [2.45, 2.75) is 26.7 Å². The second kappa shape index (κ2) is 7.61. The molecular weight excluding hydrogens is 228 g/mol. The van der Waals surface area contributed by atoms with Gasteiger partial charge in [0.05, 0.1) is 6.61 Å². The van der Waals surface area contributed by atoms with Crippen molar-refractivity contribution in [3.8, 4) is 0 Å². The molecule has 1 aromatic heterocycles. The average molecular weight is 248 g/mol. The molecule has 0 saturated heterocycles. The monoisotopic (exact) mass is 248 g/mol. The predicted octanol–water partition coefficient (Wildman–Crippen LogP) is 1.72. The first kappa shape index (κ1) is 14.4. The van der Waals surface area contributed by atoms with E-state index in [1.54, 1.807) is 13.0 Å². The Morgan fingerprint density at radius 1 is 1.44 bits per heavy atom. The number of rotatable bonds is 6. The van der Waals surface area contributed by atoms with Crippen molar-refractivity contribution >= 4 is 12.0 Å². The molecule has 0 bridgehead atoms. The van der Waals surface area contributed by atoms with Gasteiger partial charge in [0, 0.05) is 23.9 Å². The van der Waals surface area contributed by atoms with Crippen molar-refractivity contribution in [3.63, 3.8) is 0 Å². The molecule has 0 unspecified atom stereocenters. The number of hydrogen-bond acceptors (Lipinski definition) is 4. The molecule has 0 aliphatic rings. The summed E-state index contributed by atoms with van der Waals surface area (Å²) in [6, 6.07) is 3.91. The lowest BCUT2D eigenvalue weighted by molar-refractivity contribution is -0.137. The Morgan fingerprint density at radius 3 is 2.83 bits per heavy atom. The molecule has 1 rings (SSSR count). The van der Waals surface area contributed by atoms with Gasteiger partial charge in [-0.15, -0.1) is 0 Å². The van der Waals surface area contributed by atoms with E-state index in [1.165, 1.54) is 6.08 Å². The summed E-state index contributed by atoms with van der Waals surface area (Å²) < 4.78 is 4.84. The number of nitrogens with zero attached hydrogens (tertiary/aromatic N) is 1.